The molecule has 0 aliphatic carbocycles. The van der Waals surface area contributed by atoms with Crippen LogP contribution in [0.25, 0.3) is 0 Å². The quantitative estimate of drug-likeness (QED) is 0.471. The van der Waals surface area contributed by atoms with Gasteiger partial charge in [0.05, 0.1) is 0 Å². The SMILES string of the molecule is C=CC(=O)NCCC(O)C(=O)O. The van der Waals surface area contributed by atoms with Crippen LogP contribution >= 0.6 is 0 Å². The number of hydrogen-bond acceptors (Lipinski definition) is 3. The highest BCUT2D eigenvalue weighted by molar-refractivity contribution is 5.86. The summed E-state index contributed by atoms with van der Waals surface area (Å²) >= 11 is 0. The molecule has 0 radical (unpaired) electrons. The lowest BCUT2D eigenvalue weighted by Gasteiger charge is -2.04. The van der Waals surface area contributed by atoms with Gasteiger partial charge in [0.1, 0.15) is 0 Å². The van der Waals surface area contributed by atoms with Gasteiger partial charge in [0, 0.05) is 13.0 Å². The summed E-state index contributed by atoms with van der Waals surface area (Å²) in [5.74, 6) is -1.67. The van der Waals surface area contributed by atoms with Crippen LogP contribution in [0.3, 0.4) is 0 Å². The number of aliphatic hydroxyl groups is 1. The van der Waals surface area contributed by atoms with Gasteiger partial charge in [0.15, 0.2) is 6.10 Å². The van der Waals surface area contributed by atoms with E-state index in [2.05, 4.69) is 11.9 Å². The van der Waals surface area contributed by atoms with Crippen molar-refractivity contribution in [1.82, 2.24) is 5.32 Å². The summed E-state index contributed by atoms with van der Waals surface area (Å²) in [5.41, 5.74) is 0. The first-order valence-electron chi connectivity index (χ1n) is 3.39. The van der Waals surface area contributed by atoms with Crippen molar-refractivity contribution in [2.24, 2.45) is 0 Å². The Morgan fingerprint density at radius 3 is 2.58 bits per heavy atom. The number of aliphatic carboxylic acids is 1. The highest BCUT2D eigenvalue weighted by atomic mass is 16.4. The summed E-state index contributed by atoms with van der Waals surface area (Å²) in [6.07, 6.45) is -0.350. The Morgan fingerprint density at radius 2 is 2.17 bits per heavy atom. The monoisotopic (exact) mass is 173 g/mol. The number of hydrogen-bond donors (Lipinski definition) is 3. The van der Waals surface area contributed by atoms with Crippen LogP contribution in [0.2, 0.25) is 0 Å². The summed E-state index contributed by atoms with van der Waals surface area (Å²) in [6.45, 7) is 3.33. The van der Waals surface area contributed by atoms with Crippen molar-refractivity contribution in [2.75, 3.05) is 6.54 Å². The second-order valence-electron chi connectivity index (χ2n) is 2.14. The average Bonchev–Trinajstić information content (AvgIpc) is 2.03. The van der Waals surface area contributed by atoms with E-state index in [0.29, 0.717) is 0 Å². The lowest BCUT2D eigenvalue weighted by Crippen LogP contribution is -2.28. The predicted octanol–water partition coefficient (Wildman–Crippen LogP) is -0.876. The summed E-state index contributed by atoms with van der Waals surface area (Å²) in [4.78, 5) is 20.6. The van der Waals surface area contributed by atoms with Gasteiger partial charge in [0.25, 0.3) is 0 Å². The standard InChI is InChI=1S/C7H11NO4/c1-2-6(10)8-4-3-5(9)7(11)12/h2,5,9H,1,3-4H2,(H,8,10)(H,11,12). The van der Waals surface area contributed by atoms with E-state index in [1.807, 2.05) is 0 Å². The highest BCUT2D eigenvalue weighted by Gasteiger charge is 2.11. The molecule has 68 valence electrons. The van der Waals surface area contributed by atoms with Crippen LogP contribution in [0.15, 0.2) is 12.7 Å². The van der Waals surface area contributed by atoms with Crippen molar-refractivity contribution in [2.45, 2.75) is 12.5 Å². The summed E-state index contributed by atoms with van der Waals surface area (Å²) < 4.78 is 0. The Balaban J connectivity index is 3.49. The second kappa shape index (κ2) is 5.31. The molecule has 0 saturated heterocycles. The third-order valence-corrected chi connectivity index (χ3v) is 1.19. The lowest BCUT2D eigenvalue weighted by atomic mass is 10.2. The van der Waals surface area contributed by atoms with Crippen molar-refractivity contribution in [3.63, 3.8) is 0 Å². The van der Waals surface area contributed by atoms with Crippen LogP contribution < -0.4 is 5.32 Å². The van der Waals surface area contributed by atoms with Gasteiger partial charge in [-0.05, 0) is 6.08 Å². The fraction of sp³-hybridized carbons (Fsp3) is 0.429. The molecule has 0 bridgehead atoms. The third-order valence-electron chi connectivity index (χ3n) is 1.19. The first kappa shape index (κ1) is 10.6. The zero-order valence-corrected chi connectivity index (χ0v) is 6.49. The zero-order chi connectivity index (χ0) is 9.56. The molecule has 0 aromatic rings. The van der Waals surface area contributed by atoms with E-state index < -0.39 is 12.1 Å². The van der Waals surface area contributed by atoms with Crippen molar-refractivity contribution in [3.05, 3.63) is 12.7 Å². The Morgan fingerprint density at radius 1 is 1.58 bits per heavy atom. The van der Waals surface area contributed by atoms with Gasteiger partial charge in [-0.15, -0.1) is 0 Å². The maximum Gasteiger partial charge on any atom is 0.332 e. The molecule has 5 heteroatoms. The molecule has 5 nitrogen and oxygen atoms in total. The number of carboxylic acid groups (broad SMARTS) is 1. The molecule has 0 aromatic carbocycles. The van der Waals surface area contributed by atoms with Gasteiger partial charge in [-0.3, -0.25) is 4.79 Å². The van der Waals surface area contributed by atoms with Crippen molar-refractivity contribution in [1.29, 1.82) is 0 Å². The van der Waals surface area contributed by atoms with Gasteiger partial charge < -0.3 is 15.5 Å². The van der Waals surface area contributed by atoms with Crippen LogP contribution in [0.1, 0.15) is 6.42 Å². The van der Waals surface area contributed by atoms with Crippen LogP contribution in [0, 0.1) is 0 Å². The molecule has 0 rings (SSSR count). The number of carboxylic acids is 1. The molecule has 0 spiro atoms. The first-order chi connectivity index (χ1) is 5.57. The van der Waals surface area contributed by atoms with E-state index in [1.165, 1.54) is 0 Å². The molecule has 0 aliphatic rings. The molecule has 1 unspecified atom stereocenters. The van der Waals surface area contributed by atoms with Gasteiger partial charge >= 0.3 is 5.97 Å². The number of carbonyl (C=O) groups excluding carboxylic acids is 1. The maximum atomic E-state index is 10.5. The Bertz CT molecular complexity index is 190. The third kappa shape index (κ3) is 4.45. The minimum Gasteiger partial charge on any atom is -0.479 e. The molecule has 3 N–H and O–H groups in total. The molecular formula is C7H11NO4. The van der Waals surface area contributed by atoms with Gasteiger partial charge in [-0.1, -0.05) is 6.58 Å². The Kier molecular flexibility index (Phi) is 4.71. The van der Waals surface area contributed by atoms with E-state index in [9.17, 15) is 9.59 Å². The molecule has 0 fully saturated rings. The van der Waals surface area contributed by atoms with Crippen molar-refractivity contribution < 1.29 is 19.8 Å². The normalized spacial score (nSPS) is 11.8. The highest BCUT2D eigenvalue weighted by Crippen LogP contribution is 1.88. The van der Waals surface area contributed by atoms with Crippen LogP contribution in [-0.4, -0.2) is 34.7 Å². The molecule has 0 aliphatic heterocycles. The van der Waals surface area contributed by atoms with E-state index in [1.54, 1.807) is 0 Å². The van der Waals surface area contributed by atoms with Crippen LogP contribution in [0.4, 0.5) is 0 Å². The number of amides is 1. The average molecular weight is 173 g/mol. The van der Waals surface area contributed by atoms with Gasteiger partial charge in [0.2, 0.25) is 5.91 Å². The minimum atomic E-state index is -1.42. The van der Waals surface area contributed by atoms with Crippen molar-refractivity contribution in [3.8, 4) is 0 Å². The van der Waals surface area contributed by atoms with Crippen LogP contribution in [-0.2, 0) is 9.59 Å². The number of aliphatic hydroxyl groups excluding tert-OH is 1. The van der Waals surface area contributed by atoms with E-state index in [0.717, 1.165) is 6.08 Å². The minimum absolute atomic E-state index is 0.00505. The largest absolute Gasteiger partial charge is 0.479 e. The van der Waals surface area contributed by atoms with Gasteiger partial charge in [-0.25, -0.2) is 4.79 Å². The van der Waals surface area contributed by atoms with Gasteiger partial charge in [-0.2, -0.15) is 0 Å². The number of rotatable bonds is 5. The molecule has 0 saturated carbocycles. The molecular weight excluding hydrogens is 162 g/mol. The van der Waals surface area contributed by atoms with E-state index in [4.69, 9.17) is 10.2 Å². The molecule has 1 atom stereocenters. The number of nitrogens with one attached hydrogen (secondary N) is 1. The Hall–Kier alpha value is -1.36. The summed E-state index contributed by atoms with van der Waals surface area (Å²) in [6, 6.07) is 0. The predicted molar refractivity (Wildman–Crippen MR) is 41.5 cm³/mol. The smallest absolute Gasteiger partial charge is 0.332 e. The first-order valence-corrected chi connectivity index (χ1v) is 3.39. The maximum absolute atomic E-state index is 10.5. The summed E-state index contributed by atoms with van der Waals surface area (Å²) in [7, 11) is 0. The molecule has 1 amide bonds. The topological polar surface area (TPSA) is 86.6 Å². The fourth-order valence-corrected chi connectivity index (χ4v) is 0.528. The van der Waals surface area contributed by atoms with Crippen LogP contribution in [0.5, 0.6) is 0 Å². The van der Waals surface area contributed by atoms with E-state index >= 15 is 0 Å². The second-order valence-corrected chi connectivity index (χ2v) is 2.14. The molecule has 0 heterocycles. The molecule has 0 aromatic heterocycles. The van der Waals surface area contributed by atoms with E-state index in [-0.39, 0.29) is 18.9 Å². The van der Waals surface area contributed by atoms with Crippen molar-refractivity contribution >= 4 is 11.9 Å². The zero-order valence-electron chi connectivity index (χ0n) is 6.49. The lowest BCUT2D eigenvalue weighted by molar-refractivity contribution is -0.147. The Labute approximate surface area is 69.7 Å². The fourth-order valence-electron chi connectivity index (χ4n) is 0.528. The molecule has 12 heavy (non-hydrogen) atoms. The summed E-state index contributed by atoms with van der Waals surface area (Å²) in [5, 5.41) is 19.3. The number of carbonyl (C=O) groups is 2.